The Labute approximate surface area is 341 Å². The van der Waals surface area contributed by atoms with E-state index in [0.29, 0.717) is 0 Å². The number of fused-ring (bicyclic) bond motifs is 9. The predicted molar refractivity (Wildman–Crippen MR) is 245 cm³/mol. The summed E-state index contributed by atoms with van der Waals surface area (Å²) >= 11 is 1.91. The second-order valence-electron chi connectivity index (χ2n) is 15.3. The van der Waals surface area contributed by atoms with Crippen molar-refractivity contribution in [3.8, 4) is 5.69 Å². The molecule has 0 saturated heterocycles. The summed E-state index contributed by atoms with van der Waals surface area (Å²) in [6.07, 6.45) is 9.49. The molecule has 0 amide bonds. The van der Waals surface area contributed by atoms with Crippen molar-refractivity contribution in [3.05, 3.63) is 210 Å². The molecule has 0 N–H and O–H groups in total. The summed E-state index contributed by atoms with van der Waals surface area (Å²) in [5, 5.41) is 2.24. The number of hydrogen-bond donors (Lipinski definition) is 0. The number of benzene rings is 7. The predicted octanol–water partition coefficient (Wildman–Crippen LogP) is 12.5. The molecule has 274 valence electrons. The molecule has 0 radical (unpaired) electrons. The molecule has 0 spiro atoms. The molecule has 1 unspecified atom stereocenters. The van der Waals surface area contributed by atoms with E-state index in [9.17, 15) is 0 Å². The van der Waals surface area contributed by atoms with Gasteiger partial charge in [-0.05, 0) is 108 Å². The van der Waals surface area contributed by atoms with Gasteiger partial charge in [-0.3, -0.25) is 0 Å². The van der Waals surface area contributed by atoms with E-state index in [1.54, 1.807) is 0 Å². The number of nitrogens with zero attached hydrogens (tertiary/aromatic N) is 3. The summed E-state index contributed by atoms with van der Waals surface area (Å²) in [5.41, 5.74) is 16.2. The molecule has 1 atom stereocenters. The molecule has 0 fully saturated rings. The van der Waals surface area contributed by atoms with Gasteiger partial charge in [-0.2, -0.15) is 0 Å². The van der Waals surface area contributed by atoms with Crippen LogP contribution in [0.2, 0.25) is 0 Å². The van der Waals surface area contributed by atoms with Gasteiger partial charge in [-0.1, -0.05) is 126 Å². The minimum Gasteiger partial charge on any atom is -0.454 e. The number of para-hydroxylation sites is 5. The lowest BCUT2D eigenvalue weighted by Gasteiger charge is -2.36. The molecule has 2 aliphatic heterocycles. The van der Waals surface area contributed by atoms with Crippen LogP contribution in [-0.2, 0) is 0 Å². The second kappa shape index (κ2) is 13.1. The molecule has 58 heavy (non-hydrogen) atoms. The average molecular weight is 762 g/mol. The molecule has 7 aromatic carbocycles. The van der Waals surface area contributed by atoms with Gasteiger partial charge in [0.15, 0.2) is 5.58 Å². The molecule has 9 aromatic rings. The number of aryl methyl sites for hydroxylation is 1. The molecule has 4 heterocycles. The third-order valence-corrected chi connectivity index (χ3v) is 13.0. The summed E-state index contributed by atoms with van der Waals surface area (Å²) in [6.45, 7) is 2.26. The summed E-state index contributed by atoms with van der Waals surface area (Å²) in [5.74, 6) is 0. The van der Waals surface area contributed by atoms with Crippen molar-refractivity contribution in [3.63, 3.8) is 0 Å². The molecular formula is C52H36BN3OS. The lowest BCUT2D eigenvalue weighted by Crippen LogP contribution is -2.52. The highest BCUT2D eigenvalue weighted by Crippen LogP contribution is 2.50. The number of aromatic nitrogens is 1. The Kier molecular flexibility index (Phi) is 7.51. The Bertz CT molecular complexity index is 3090. The first-order valence-corrected chi connectivity index (χ1v) is 20.7. The van der Waals surface area contributed by atoms with Crippen LogP contribution in [0, 0.1) is 6.92 Å². The fourth-order valence-electron chi connectivity index (χ4n) is 9.57. The SMILES string of the molecule is Cc1cc2c3c(c1)-n1c4c(ccc(N(c5ccccc5)c5ccccc5)c4c4oc5ccccc5c41)B3C1=CC=CC(N(c3ccccc3)c3ccccc3)C=C1S2. The van der Waals surface area contributed by atoms with Crippen molar-refractivity contribution >= 4 is 90.8 Å². The average Bonchev–Trinajstić information content (AvgIpc) is 3.72. The summed E-state index contributed by atoms with van der Waals surface area (Å²) in [6, 6.07) is 60.9. The van der Waals surface area contributed by atoms with Crippen LogP contribution in [0.1, 0.15) is 5.56 Å². The van der Waals surface area contributed by atoms with E-state index in [4.69, 9.17) is 4.42 Å². The fraction of sp³-hybridized carbons (Fsp3) is 0.0385. The summed E-state index contributed by atoms with van der Waals surface area (Å²) in [4.78, 5) is 7.43. The maximum atomic E-state index is 7.01. The zero-order valence-corrected chi connectivity index (χ0v) is 32.6. The molecule has 6 heteroatoms. The van der Waals surface area contributed by atoms with Crippen molar-refractivity contribution < 1.29 is 4.42 Å². The van der Waals surface area contributed by atoms with Crippen molar-refractivity contribution in [1.82, 2.24) is 4.57 Å². The Morgan fingerprint density at radius 2 is 1.28 bits per heavy atom. The van der Waals surface area contributed by atoms with E-state index in [0.717, 1.165) is 55.9 Å². The lowest BCUT2D eigenvalue weighted by molar-refractivity contribution is 0.673. The van der Waals surface area contributed by atoms with E-state index in [2.05, 4.69) is 215 Å². The molecule has 4 nitrogen and oxygen atoms in total. The van der Waals surface area contributed by atoms with Gasteiger partial charge in [0.1, 0.15) is 11.1 Å². The van der Waals surface area contributed by atoms with Gasteiger partial charge >= 0.3 is 0 Å². The van der Waals surface area contributed by atoms with E-state index < -0.39 is 0 Å². The molecule has 2 aromatic heterocycles. The van der Waals surface area contributed by atoms with Crippen LogP contribution in [0.4, 0.5) is 28.4 Å². The van der Waals surface area contributed by atoms with Crippen LogP contribution in [0.25, 0.3) is 38.7 Å². The molecule has 0 saturated carbocycles. The number of hydrogen-bond acceptors (Lipinski definition) is 4. The van der Waals surface area contributed by atoms with E-state index in [1.165, 1.54) is 43.0 Å². The highest BCUT2D eigenvalue weighted by Gasteiger charge is 2.43. The number of anilines is 5. The Hall–Kier alpha value is -6.89. The van der Waals surface area contributed by atoms with Crippen molar-refractivity contribution in [2.45, 2.75) is 17.9 Å². The Morgan fingerprint density at radius 3 is 1.95 bits per heavy atom. The van der Waals surface area contributed by atoms with E-state index in [-0.39, 0.29) is 12.8 Å². The minimum absolute atomic E-state index is 0.000678. The first kappa shape index (κ1) is 33.3. The zero-order chi connectivity index (χ0) is 38.3. The standard InChI is InChI=1S/C52H36BN3OS/c1-34-31-44-49-47(32-34)58-46-33-39(54(35-17-6-2-7-18-35)36-19-8-3-9-20-36)25-16-27-41(46)53(49)42-29-30-43(55(37-21-10-4-11-22-37)38-23-12-5-13-24-38)48-51(42)56(44)50-40-26-14-15-28-45(40)57-52(48)50/h2-33,39H,1H3. The highest BCUT2D eigenvalue weighted by molar-refractivity contribution is 8.04. The van der Waals surface area contributed by atoms with Crippen LogP contribution in [0.5, 0.6) is 0 Å². The van der Waals surface area contributed by atoms with Crippen LogP contribution in [0.15, 0.2) is 214 Å². The highest BCUT2D eigenvalue weighted by atomic mass is 32.2. The van der Waals surface area contributed by atoms with Crippen LogP contribution in [0.3, 0.4) is 0 Å². The van der Waals surface area contributed by atoms with Crippen molar-refractivity contribution in [1.29, 1.82) is 0 Å². The van der Waals surface area contributed by atoms with Crippen LogP contribution < -0.4 is 20.7 Å². The largest absolute Gasteiger partial charge is 0.454 e. The number of allylic oxidation sites excluding steroid dienone is 3. The van der Waals surface area contributed by atoms with Gasteiger partial charge in [0.25, 0.3) is 0 Å². The molecule has 0 bridgehead atoms. The smallest absolute Gasteiger partial charge is 0.249 e. The van der Waals surface area contributed by atoms with Gasteiger partial charge in [-0.15, -0.1) is 0 Å². The van der Waals surface area contributed by atoms with E-state index in [1.807, 2.05) is 11.8 Å². The quantitative estimate of drug-likeness (QED) is 0.158. The van der Waals surface area contributed by atoms with Crippen LogP contribution in [-0.4, -0.2) is 17.3 Å². The third-order valence-electron chi connectivity index (χ3n) is 11.9. The molecule has 1 aliphatic carbocycles. The minimum atomic E-state index is 0.000678. The molecular weight excluding hydrogens is 725 g/mol. The molecule has 12 rings (SSSR count). The second-order valence-corrected chi connectivity index (χ2v) is 16.4. The van der Waals surface area contributed by atoms with Gasteiger partial charge in [-0.25, -0.2) is 0 Å². The monoisotopic (exact) mass is 761 g/mol. The van der Waals surface area contributed by atoms with Crippen molar-refractivity contribution in [2.24, 2.45) is 0 Å². The Balaban J connectivity index is 1.13. The third kappa shape index (κ3) is 4.98. The first-order chi connectivity index (χ1) is 28.7. The summed E-state index contributed by atoms with van der Waals surface area (Å²) in [7, 11) is 0. The van der Waals surface area contributed by atoms with Gasteiger partial charge in [0.2, 0.25) is 6.71 Å². The normalized spacial score (nSPS) is 15.2. The van der Waals surface area contributed by atoms with Gasteiger partial charge < -0.3 is 18.8 Å². The summed E-state index contributed by atoms with van der Waals surface area (Å²) < 4.78 is 9.54. The number of furan rings is 1. The van der Waals surface area contributed by atoms with E-state index >= 15 is 0 Å². The number of rotatable bonds is 6. The number of thioether (sulfide) groups is 1. The fourth-order valence-corrected chi connectivity index (χ4v) is 10.9. The molecule has 3 aliphatic rings. The van der Waals surface area contributed by atoms with Gasteiger partial charge in [0, 0.05) is 43.6 Å². The maximum Gasteiger partial charge on any atom is 0.249 e. The maximum absolute atomic E-state index is 7.01. The zero-order valence-electron chi connectivity index (χ0n) is 31.8. The van der Waals surface area contributed by atoms with Gasteiger partial charge in [0.05, 0.1) is 22.6 Å². The first-order valence-electron chi connectivity index (χ1n) is 19.9. The Morgan fingerprint density at radius 1 is 0.655 bits per heavy atom. The topological polar surface area (TPSA) is 24.6 Å². The lowest BCUT2D eigenvalue weighted by atomic mass is 9.34. The van der Waals surface area contributed by atoms with Crippen LogP contribution >= 0.6 is 11.8 Å². The van der Waals surface area contributed by atoms with Crippen molar-refractivity contribution in [2.75, 3.05) is 9.80 Å².